The molecule has 0 fully saturated rings. The Hall–Kier alpha value is -1.02. The molecule has 0 heterocycles. The van der Waals surface area contributed by atoms with Crippen LogP contribution in [0.3, 0.4) is 0 Å². The lowest BCUT2D eigenvalue weighted by molar-refractivity contribution is 0.408. The summed E-state index contributed by atoms with van der Waals surface area (Å²) in [5.74, 6) is 0.980. The van der Waals surface area contributed by atoms with Gasteiger partial charge in [-0.15, -0.1) is 0 Å². The lowest BCUT2D eigenvalue weighted by atomic mass is 10.1. The average Bonchev–Trinajstić information content (AvgIpc) is 2.19. The molecule has 0 aromatic heterocycles. The number of hydrogen-bond acceptors (Lipinski definition) is 2. The third-order valence-corrected chi connectivity index (χ3v) is 2.13. The van der Waals surface area contributed by atoms with Crippen LogP contribution in [0.2, 0.25) is 0 Å². The summed E-state index contributed by atoms with van der Waals surface area (Å²) in [7, 11) is 3.65. The van der Waals surface area contributed by atoms with Gasteiger partial charge in [0.25, 0.3) is 0 Å². The molecule has 1 N–H and O–H groups in total. The summed E-state index contributed by atoms with van der Waals surface area (Å²) in [6.45, 7) is 3.00. The zero-order valence-electron chi connectivity index (χ0n) is 8.55. The van der Waals surface area contributed by atoms with Crippen molar-refractivity contribution in [2.45, 2.75) is 19.9 Å². The van der Waals surface area contributed by atoms with Crippen LogP contribution in [0.15, 0.2) is 18.2 Å². The van der Waals surface area contributed by atoms with Crippen LogP contribution in [-0.2, 0) is 13.0 Å². The van der Waals surface area contributed by atoms with E-state index in [2.05, 4.69) is 30.4 Å². The molecule has 1 aromatic rings. The van der Waals surface area contributed by atoms with Gasteiger partial charge in [-0.25, -0.2) is 0 Å². The van der Waals surface area contributed by atoms with E-state index in [9.17, 15) is 0 Å². The number of hydrogen-bond donors (Lipinski definition) is 1. The van der Waals surface area contributed by atoms with Gasteiger partial charge in [0.2, 0.25) is 0 Å². The van der Waals surface area contributed by atoms with E-state index < -0.39 is 0 Å². The van der Waals surface area contributed by atoms with Crippen molar-refractivity contribution in [3.8, 4) is 5.75 Å². The summed E-state index contributed by atoms with van der Waals surface area (Å²) in [6.07, 6.45) is 1.05. The molecule has 72 valence electrons. The number of nitrogens with one attached hydrogen (secondary N) is 1. The zero-order valence-corrected chi connectivity index (χ0v) is 8.55. The van der Waals surface area contributed by atoms with Gasteiger partial charge in [0.15, 0.2) is 0 Å². The van der Waals surface area contributed by atoms with Crippen molar-refractivity contribution in [3.63, 3.8) is 0 Å². The lowest BCUT2D eigenvalue weighted by Gasteiger charge is -2.09. The van der Waals surface area contributed by atoms with Crippen LogP contribution in [0.5, 0.6) is 5.75 Å². The minimum Gasteiger partial charge on any atom is -0.496 e. The van der Waals surface area contributed by atoms with E-state index in [4.69, 9.17) is 4.74 Å². The molecule has 0 radical (unpaired) electrons. The van der Waals surface area contributed by atoms with Crippen molar-refractivity contribution in [1.29, 1.82) is 0 Å². The molecule has 1 aromatic carbocycles. The van der Waals surface area contributed by atoms with Crippen molar-refractivity contribution in [3.05, 3.63) is 29.3 Å². The highest BCUT2D eigenvalue weighted by Gasteiger charge is 2.01. The minimum absolute atomic E-state index is 0.854. The van der Waals surface area contributed by atoms with E-state index in [1.165, 1.54) is 11.1 Å². The average molecular weight is 179 g/mol. The molecule has 0 spiro atoms. The Bertz CT molecular complexity index is 271. The molecule has 2 heteroatoms. The molecular weight excluding hydrogens is 162 g/mol. The second-order valence-corrected chi connectivity index (χ2v) is 3.03. The maximum atomic E-state index is 5.30. The van der Waals surface area contributed by atoms with Gasteiger partial charge in [-0.1, -0.05) is 19.1 Å². The van der Waals surface area contributed by atoms with Gasteiger partial charge in [0.1, 0.15) is 5.75 Å². The number of benzene rings is 1. The largest absolute Gasteiger partial charge is 0.496 e. The first-order chi connectivity index (χ1) is 6.31. The fourth-order valence-electron chi connectivity index (χ4n) is 1.35. The molecule has 0 saturated carbocycles. The highest BCUT2D eigenvalue weighted by atomic mass is 16.5. The van der Waals surface area contributed by atoms with Crippen LogP contribution in [0.1, 0.15) is 18.1 Å². The number of aryl methyl sites for hydroxylation is 1. The molecule has 2 nitrogen and oxygen atoms in total. The monoisotopic (exact) mass is 179 g/mol. The topological polar surface area (TPSA) is 21.3 Å². The standard InChI is InChI=1S/C11H17NO/c1-4-9-5-6-10(8-12-2)11(7-9)13-3/h5-7,12H,4,8H2,1-3H3. The molecule has 13 heavy (non-hydrogen) atoms. The predicted octanol–water partition coefficient (Wildman–Crippen LogP) is 1.98. The van der Waals surface area contributed by atoms with Crippen molar-refractivity contribution in [2.75, 3.05) is 14.2 Å². The highest BCUT2D eigenvalue weighted by Crippen LogP contribution is 2.20. The predicted molar refractivity (Wildman–Crippen MR) is 55.1 cm³/mol. The van der Waals surface area contributed by atoms with Crippen molar-refractivity contribution in [1.82, 2.24) is 5.32 Å². The highest BCUT2D eigenvalue weighted by molar-refractivity contribution is 5.37. The molecule has 0 bridgehead atoms. The molecule has 0 atom stereocenters. The maximum absolute atomic E-state index is 5.30. The molecular formula is C11H17NO. The van der Waals surface area contributed by atoms with Gasteiger partial charge in [0, 0.05) is 12.1 Å². The Kier molecular flexibility index (Phi) is 3.77. The van der Waals surface area contributed by atoms with Crippen molar-refractivity contribution < 1.29 is 4.74 Å². The minimum atomic E-state index is 0.854. The Balaban J connectivity index is 2.93. The molecule has 1 rings (SSSR count). The van der Waals surface area contributed by atoms with E-state index in [0.717, 1.165) is 18.7 Å². The Morgan fingerprint density at radius 2 is 2.15 bits per heavy atom. The summed E-state index contributed by atoms with van der Waals surface area (Å²) in [5, 5.41) is 3.12. The van der Waals surface area contributed by atoms with Crippen molar-refractivity contribution in [2.24, 2.45) is 0 Å². The number of rotatable bonds is 4. The first kappa shape index (κ1) is 10.1. The van der Waals surface area contributed by atoms with Crippen molar-refractivity contribution >= 4 is 0 Å². The molecule has 0 saturated heterocycles. The van der Waals surface area contributed by atoms with Gasteiger partial charge >= 0.3 is 0 Å². The molecule has 0 aliphatic heterocycles. The second kappa shape index (κ2) is 4.87. The summed E-state index contributed by atoms with van der Waals surface area (Å²) in [6, 6.07) is 6.37. The number of ether oxygens (including phenoxy) is 1. The second-order valence-electron chi connectivity index (χ2n) is 3.03. The first-order valence-electron chi connectivity index (χ1n) is 4.62. The number of methoxy groups -OCH3 is 1. The summed E-state index contributed by atoms with van der Waals surface area (Å²) < 4.78 is 5.30. The fraction of sp³-hybridized carbons (Fsp3) is 0.455. The van der Waals surface area contributed by atoms with Gasteiger partial charge in [0.05, 0.1) is 7.11 Å². The van der Waals surface area contributed by atoms with Gasteiger partial charge in [-0.3, -0.25) is 0 Å². The third kappa shape index (κ3) is 2.46. The quantitative estimate of drug-likeness (QED) is 0.763. The van der Waals surface area contributed by atoms with E-state index in [0.29, 0.717) is 0 Å². The van der Waals surface area contributed by atoms with Crippen LogP contribution in [0.25, 0.3) is 0 Å². The summed E-state index contributed by atoms with van der Waals surface area (Å²) in [5.41, 5.74) is 2.53. The maximum Gasteiger partial charge on any atom is 0.123 e. The van der Waals surface area contributed by atoms with Crippen LogP contribution >= 0.6 is 0 Å². The Morgan fingerprint density at radius 3 is 2.69 bits per heavy atom. The third-order valence-electron chi connectivity index (χ3n) is 2.13. The molecule has 0 aliphatic carbocycles. The SMILES string of the molecule is CCc1ccc(CNC)c(OC)c1. The smallest absolute Gasteiger partial charge is 0.123 e. The van der Waals surface area contributed by atoms with Crippen LogP contribution in [0.4, 0.5) is 0 Å². The van der Waals surface area contributed by atoms with Crippen LogP contribution in [-0.4, -0.2) is 14.2 Å². The fourth-order valence-corrected chi connectivity index (χ4v) is 1.35. The van der Waals surface area contributed by atoms with E-state index in [1.807, 2.05) is 7.05 Å². The lowest BCUT2D eigenvalue weighted by Crippen LogP contribution is -2.06. The summed E-state index contributed by atoms with van der Waals surface area (Å²) in [4.78, 5) is 0. The molecule has 0 amide bonds. The molecule has 0 unspecified atom stereocenters. The Morgan fingerprint density at radius 1 is 1.38 bits per heavy atom. The zero-order chi connectivity index (χ0) is 9.68. The van der Waals surface area contributed by atoms with Crippen LogP contribution < -0.4 is 10.1 Å². The van der Waals surface area contributed by atoms with E-state index in [-0.39, 0.29) is 0 Å². The first-order valence-corrected chi connectivity index (χ1v) is 4.62. The van der Waals surface area contributed by atoms with Gasteiger partial charge in [-0.2, -0.15) is 0 Å². The van der Waals surface area contributed by atoms with Crippen LogP contribution in [0, 0.1) is 0 Å². The van der Waals surface area contributed by atoms with Gasteiger partial charge < -0.3 is 10.1 Å². The normalized spacial score (nSPS) is 10.1. The van der Waals surface area contributed by atoms with E-state index >= 15 is 0 Å². The Labute approximate surface area is 79.9 Å². The van der Waals surface area contributed by atoms with E-state index in [1.54, 1.807) is 7.11 Å². The van der Waals surface area contributed by atoms with Gasteiger partial charge in [-0.05, 0) is 25.1 Å². The summed E-state index contributed by atoms with van der Waals surface area (Å²) >= 11 is 0. The molecule has 0 aliphatic rings.